The fraction of sp³-hybridized carbons (Fsp3) is 0.250. The molecule has 36 heavy (non-hydrogen) atoms. The SMILES string of the molecule is COc1ccccc1[C@H]1CC(=O)C2=C(C1)NC(C)=C(C(=O)OCc1nccs1)[C@H]2c1cccc(O)c1. The number of ether oxygens (including phenoxy) is 2. The molecule has 0 amide bonds. The number of benzene rings is 2. The minimum atomic E-state index is -0.650. The third kappa shape index (κ3) is 4.52. The van der Waals surface area contributed by atoms with Crippen molar-refractivity contribution >= 4 is 23.1 Å². The molecule has 2 aliphatic rings. The van der Waals surface area contributed by atoms with Gasteiger partial charge in [-0.15, -0.1) is 11.3 Å². The fourth-order valence-corrected chi connectivity index (χ4v) is 5.63. The summed E-state index contributed by atoms with van der Waals surface area (Å²) in [7, 11) is 1.63. The number of allylic oxidation sites excluding steroid dienone is 3. The number of Topliss-reactive ketones (excluding diaryl/α,β-unsaturated/α-hetero) is 1. The maximum Gasteiger partial charge on any atom is 0.337 e. The molecule has 2 atom stereocenters. The number of nitrogens with one attached hydrogen (secondary N) is 1. The van der Waals surface area contributed by atoms with Gasteiger partial charge in [-0.1, -0.05) is 30.3 Å². The summed E-state index contributed by atoms with van der Waals surface area (Å²) in [5, 5.41) is 16.1. The highest BCUT2D eigenvalue weighted by atomic mass is 32.1. The molecule has 0 fully saturated rings. The van der Waals surface area contributed by atoms with Crippen molar-refractivity contribution in [3.8, 4) is 11.5 Å². The van der Waals surface area contributed by atoms with E-state index in [2.05, 4.69) is 10.3 Å². The predicted molar refractivity (Wildman–Crippen MR) is 136 cm³/mol. The number of thiazole rings is 1. The lowest BCUT2D eigenvalue weighted by Crippen LogP contribution is -2.36. The van der Waals surface area contributed by atoms with E-state index >= 15 is 0 Å². The van der Waals surface area contributed by atoms with Crippen molar-refractivity contribution < 1.29 is 24.2 Å². The van der Waals surface area contributed by atoms with Crippen LogP contribution in [0.2, 0.25) is 0 Å². The maximum atomic E-state index is 13.7. The summed E-state index contributed by atoms with van der Waals surface area (Å²) in [6.45, 7) is 1.87. The first-order valence-electron chi connectivity index (χ1n) is 11.7. The molecule has 0 bridgehead atoms. The van der Waals surface area contributed by atoms with Gasteiger partial charge in [0.2, 0.25) is 0 Å². The maximum absolute atomic E-state index is 13.7. The van der Waals surface area contributed by atoms with Crippen LogP contribution >= 0.6 is 11.3 Å². The molecule has 0 radical (unpaired) electrons. The number of esters is 1. The molecule has 1 aliphatic heterocycles. The molecule has 0 saturated heterocycles. The quantitative estimate of drug-likeness (QED) is 0.460. The number of aromatic nitrogens is 1. The summed E-state index contributed by atoms with van der Waals surface area (Å²) < 4.78 is 11.2. The van der Waals surface area contributed by atoms with Gasteiger partial charge in [-0.2, -0.15) is 0 Å². The van der Waals surface area contributed by atoms with Crippen molar-refractivity contribution in [1.82, 2.24) is 10.3 Å². The number of para-hydroxylation sites is 1. The Labute approximate surface area is 213 Å². The average Bonchev–Trinajstić information content (AvgIpc) is 3.40. The largest absolute Gasteiger partial charge is 0.508 e. The van der Waals surface area contributed by atoms with E-state index in [0.29, 0.717) is 33.8 Å². The van der Waals surface area contributed by atoms with Crippen LogP contribution in [0.4, 0.5) is 0 Å². The van der Waals surface area contributed by atoms with E-state index in [4.69, 9.17) is 9.47 Å². The zero-order chi connectivity index (χ0) is 25.2. The van der Waals surface area contributed by atoms with Crippen molar-refractivity contribution in [2.75, 3.05) is 7.11 Å². The van der Waals surface area contributed by atoms with Gasteiger partial charge in [0.15, 0.2) is 5.78 Å². The second kappa shape index (κ2) is 9.99. The summed E-state index contributed by atoms with van der Waals surface area (Å²) in [5.74, 6) is -0.463. The van der Waals surface area contributed by atoms with Gasteiger partial charge < -0.3 is 19.9 Å². The Bertz CT molecular complexity index is 1380. The number of carbonyl (C=O) groups is 2. The Balaban J connectivity index is 1.54. The van der Waals surface area contributed by atoms with Crippen molar-refractivity contribution in [2.24, 2.45) is 0 Å². The van der Waals surface area contributed by atoms with Gasteiger partial charge in [0.1, 0.15) is 23.1 Å². The molecule has 0 saturated carbocycles. The second-order valence-electron chi connectivity index (χ2n) is 8.86. The highest BCUT2D eigenvalue weighted by Gasteiger charge is 2.42. The van der Waals surface area contributed by atoms with Gasteiger partial charge in [-0.05, 0) is 42.7 Å². The summed E-state index contributed by atoms with van der Waals surface area (Å²) >= 11 is 1.40. The van der Waals surface area contributed by atoms with Gasteiger partial charge >= 0.3 is 5.97 Å². The average molecular weight is 503 g/mol. The standard InChI is InChI=1S/C28H26N2O5S/c1-16-25(28(33)35-15-24-29-10-11-36-24)26(17-6-5-7-19(31)12-17)27-21(30-16)13-18(14-22(27)32)20-8-3-4-9-23(20)34-2/h3-12,18,26,30-31H,13-15H2,1-2H3/t18-,26-/m1/s1. The molecule has 1 aliphatic carbocycles. The first kappa shape index (κ1) is 23.8. The molecular weight excluding hydrogens is 476 g/mol. The molecular formula is C28H26N2O5S. The van der Waals surface area contributed by atoms with E-state index in [0.717, 1.165) is 17.0 Å². The Kier molecular flexibility index (Phi) is 6.61. The molecule has 5 rings (SSSR count). The fourth-order valence-electron chi connectivity index (χ4n) is 5.10. The number of carbonyl (C=O) groups excluding carboxylic acids is 2. The summed E-state index contributed by atoms with van der Waals surface area (Å²) in [6, 6.07) is 14.4. The van der Waals surface area contributed by atoms with Gasteiger partial charge in [-0.25, -0.2) is 9.78 Å². The normalized spacial score (nSPS) is 19.6. The van der Waals surface area contributed by atoms with Crippen molar-refractivity contribution in [2.45, 2.75) is 38.2 Å². The Morgan fingerprint density at radius 3 is 2.78 bits per heavy atom. The Hall–Kier alpha value is -3.91. The molecule has 0 spiro atoms. The lowest BCUT2D eigenvalue weighted by Gasteiger charge is -2.37. The second-order valence-corrected chi connectivity index (χ2v) is 9.84. The summed E-state index contributed by atoms with van der Waals surface area (Å²) in [4.78, 5) is 31.3. The van der Waals surface area contributed by atoms with Gasteiger partial charge in [-0.3, -0.25) is 4.79 Å². The highest BCUT2D eigenvalue weighted by Crippen LogP contribution is 2.47. The van der Waals surface area contributed by atoms with E-state index in [1.807, 2.05) is 42.6 Å². The number of rotatable bonds is 6. The summed E-state index contributed by atoms with van der Waals surface area (Å²) in [6.07, 6.45) is 2.54. The molecule has 7 nitrogen and oxygen atoms in total. The van der Waals surface area contributed by atoms with Crippen LogP contribution in [-0.2, 0) is 20.9 Å². The van der Waals surface area contributed by atoms with Crippen LogP contribution in [-0.4, -0.2) is 29.0 Å². The molecule has 2 N–H and O–H groups in total. The van der Waals surface area contributed by atoms with Crippen LogP contribution in [0.5, 0.6) is 11.5 Å². The predicted octanol–water partition coefficient (Wildman–Crippen LogP) is 4.96. The molecule has 8 heteroatoms. The number of hydrogen-bond donors (Lipinski definition) is 2. The Morgan fingerprint density at radius 2 is 2.03 bits per heavy atom. The number of methoxy groups -OCH3 is 1. The van der Waals surface area contributed by atoms with E-state index in [9.17, 15) is 14.7 Å². The van der Waals surface area contributed by atoms with Crippen LogP contribution in [0.25, 0.3) is 0 Å². The van der Waals surface area contributed by atoms with Gasteiger partial charge in [0.25, 0.3) is 0 Å². The third-order valence-electron chi connectivity index (χ3n) is 6.64. The topological polar surface area (TPSA) is 97.8 Å². The number of phenols is 1. The minimum absolute atomic E-state index is 0.0503. The number of phenolic OH excluding ortho intramolecular Hbond substituents is 1. The van der Waals surface area contributed by atoms with Crippen molar-refractivity contribution in [3.05, 3.63) is 98.8 Å². The first-order chi connectivity index (χ1) is 17.5. The van der Waals surface area contributed by atoms with Gasteiger partial charge in [0, 0.05) is 46.8 Å². The zero-order valence-corrected chi connectivity index (χ0v) is 20.8. The summed E-state index contributed by atoms with van der Waals surface area (Å²) in [5.41, 5.74) is 3.95. The lowest BCUT2D eigenvalue weighted by molar-refractivity contribution is -0.140. The molecule has 2 aromatic carbocycles. The van der Waals surface area contributed by atoms with E-state index in [-0.39, 0.29) is 30.5 Å². The van der Waals surface area contributed by atoms with Crippen LogP contribution in [0, 0.1) is 0 Å². The highest BCUT2D eigenvalue weighted by molar-refractivity contribution is 7.09. The van der Waals surface area contributed by atoms with Crippen LogP contribution in [0.15, 0.2) is 82.6 Å². The molecule has 2 heterocycles. The number of nitrogens with zero attached hydrogens (tertiary/aromatic N) is 1. The monoisotopic (exact) mass is 502 g/mol. The van der Waals surface area contributed by atoms with Crippen molar-refractivity contribution in [1.29, 1.82) is 0 Å². The van der Waals surface area contributed by atoms with Crippen LogP contribution in [0.3, 0.4) is 0 Å². The Morgan fingerprint density at radius 1 is 1.19 bits per heavy atom. The van der Waals surface area contributed by atoms with E-state index < -0.39 is 11.9 Å². The zero-order valence-electron chi connectivity index (χ0n) is 20.0. The van der Waals surface area contributed by atoms with Crippen molar-refractivity contribution in [3.63, 3.8) is 0 Å². The number of ketones is 1. The molecule has 0 unspecified atom stereocenters. The number of dihydropyridines is 1. The minimum Gasteiger partial charge on any atom is -0.508 e. The smallest absolute Gasteiger partial charge is 0.337 e. The van der Waals surface area contributed by atoms with Crippen LogP contribution < -0.4 is 10.1 Å². The number of hydrogen-bond acceptors (Lipinski definition) is 8. The van der Waals surface area contributed by atoms with E-state index in [1.165, 1.54) is 11.3 Å². The van der Waals surface area contributed by atoms with Crippen LogP contribution in [0.1, 0.15) is 47.7 Å². The first-order valence-corrected chi connectivity index (χ1v) is 12.6. The molecule has 184 valence electrons. The molecule has 3 aromatic rings. The number of aromatic hydroxyl groups is 1. The third-order valence-corrected chi connectivity index (χ3v) is 7.39. The lowest BCUT2D eigenvalue weighted by atomic mass is 9.71. The van der Waals surface area contributed by atoms with E-state index in [1.54, 1.807) is 31.5 Å². The molecule has 1 aromatic heterocycles. The van der Waals surface area contributed by atoms with Gasteiger partial charge in [0.05, 0.1) is 12.7 Å².